The SMILES string of the molecule is Cc1cccc(C(=O)NC2CCC(CNc3nc(N(C)C)c4ccccc4n3)CC2)c1. The summed E-state index contributed by atoms with van der Waals surface area (Å²) in [6.07, 6.45) is 4.18. The van der Waals surface area contributed by atoms with Gasteiger partial charge >= 0.3 is 0 Å². The van der Waals surface area contributed by atoms with Crippen LogP contribution in [0.15, 0.2) is 48.5 Å². The Morgan fingerprint density at radius 3 is 2.55 bits per heavy atom. The van der Waals surface area contributed by atoms with Crippen LogP contribution in [0.5, 0.6) is 0 Å². The van der Waals surface area contributed by atoms with E-state index in [0.29, 0.717) is 11.9 Å². The van der Waals surface area contributed by atoms with E-state index in [4.69, 9.17) is 9.97 Å². The van der Waals surface area contributed by atoms with Crippen LogP contribution >= 0.6 is 0 Å². The van der Waals surface area contributed by atoms with Crippen molar-refractivity contribution in [2.45, 2.75) is 38.6 Å². The molecule has 1 aromatic heterocycles. The lowest BCUT2D eigenvalue weighted by atomic mass is 9.86. The van der Waals surface area contributed by atoms with Crippen LogP contribution in [0, 0.1) is 12.8 Å². The van der Waals surface area contributed by atoms with Crippen LogP contribution in [-0.2, 0) is 0 Å². The first kappa shape index (κ1) is 21.1. The number of para-hydroxylation sites is 1. The number of carbonyl (C=O) groups is 1. The number of nitrogens with zero attached hydrogens (tertiary/aromatic N) is 3. The molecule has 3 aromatic rings. The van der Waals surface area contributed by atoms with Gasteiger partial charge in [0.25, 0.3) is 5.91 Å². The van der Waals surface area contributed by atoms with E-state index in [9.17, 15) is 4.79 Å². The van der Waals surface area contributed by atoms with E-state index in [2.05, 4.69) is 16.7 Å². The maximum atomic E-state index is 12.5. The third-order valence-corrected chi connectivity index (χ3v) is 6.02. The predicted molar refractivity (Wildman–Crippen MR) is 127 cm³/mol. The number of anilines is 2. The highest BCUT2D eigenvalue weighted by Gasteiger charge is 2.23. The Bertz CT molecular complexity index is 1060. The molecule has 6 heteroatoms. The number of benzene rings is 2. The van der Waals surface area contributed by atoms with Crippen LogP contribution in [0.3, 0.4) is 0 Å². The van der Waals surface area contributed by atoms with Gasteiger partial charge in [0.1, 0.15) is 5.82 Å². The highest BCUT2D eigenvalue weighted by Crippen LogP contribution is 2.27. The quantitative estimate of drug-likeness (QED) is 0.622. The fourth-order valence-corrected chi connectivity index (χ4v) is 4.28. The molecule has 1 fully saturated rings. The Morgan fingerprint density at radius 2 is 1.81 bits per heavy atom. The molecular weight excluding hydrogens is 386 g/mol. The summed E-state index contributed by atoms with van der Waals surface area (Å²) in [5.41, 5.74) is 2.80. The predicted octanol–water partition coefficient (Wildman–Crippen LogP) is 4.40. The molecule has 1 heterocycles. The lowest BCUT2D eigenvalue weighted by Crippen LogP contribution is -2.38. The number of aryl methyl sites for hydroxylation is 1. The highest BCUT2D eigenvalue weighted by molar-refractivity contribution is 5.94. The van der Waals surface area contributed by atoms with Crippen LogP contribution in [0.2, 0.25) is 0 Å². The summed E-state index contributed by atoms with van der Waals surface area (Å²) in [6.45, 7) is 2.86. The van der Waals surface area contributed by atoms with Crippen molar-refractivity contribution in [2.75, 3.05) is 30.9 Å². The Labute approximate surface area is 184 Å². The van der Waals surface area contributed by atoms with Gasteiger partial charge in [-0.3, -0.25) is 4.79 Å². The first-order valence-corrected chi connectivity index (χ1v) is 11.0. The topological polar surface area (TPSA) is 70.2 Å². The molecule has 0 saturated heterocycles. The minimum absolute atomic E-state index is 0.0334. The Kier molecular flexibility index (Phi) is 6.35. The zero-order chi connectivity index (χ0) is 21.8. The molecule has 0 bridgehead atoms. The van der Waals surface area contributed by atoms with E-state index in [1.54, 1.807) is 0 Å². The summed E-state index contributed by atoms with van der Waals surface area (Å²) >= 11 is 0. The third kappa shape index (κ3) is 5.13. The number of nitrogens with one attached hydrogen (secondary N) is 2. The molecule has 0 unspecified atom stereocenters. The lowest BCUT2D eigenvalue weighted by molar-refractivity contribution is 0.0922. The standard InChI is InChI=1S/C25H31N5O/c1-17-7-6-8-19(15-17)24(31)27-20-13-11-18(12-14-20)16-26-25-28-22-10-5-4-9-21(22)23(29-25)30(2)3/h4-10,15,18,20H,11-14,16H2,1-3H3,(H,27,31)(H,26,28,29). The maximum Gasteiger partial charge on any atom is 0.251 e. The van der Waals surface area contributed by atoms with Crippen molar-refractivity contribution in [2.24, 2.45) is 5.92 Å². The third-order valence-electron chi connectivity index (χ3n) is 6.02. The molecule has 2 N–H and O–H groups in total. The lowest BCUT2D eigenvalue weighted by Gasteiger charge is -2.29. The Morgan fingerprint density at radius 1 is 1.03 bits per heavy atom. The number of fused-ring (bicyclic) bond motifs is 1. The van der Waals surface area contributed by atoms with E-state index in [-0.39, 0.29) is 11.9 Å². The fraction of sp³-hybridized carbons (Fsp3) is 0.400. The molecule has 4 rings (SSSR count). The van der Waals surface area contributed by atoms with Crippen molar-refractivity contribution in [3.8, 4) is 0 Å². The van der Waals surface area contributed by atoms with Gasteiger partial charge in [-0.1, -0.05) is 29.8 Å². The van der Waals surface area contributed by atoms with Crippen LogP contribution in [-0.4, -0.2) is 42.6 Å². The van der Waals surface area contributed by atoms with Gasteiger partial charge in [-0.25, -0.2) is 4.98 Å². The monoisotopic (exact) mass is 417 g/mol. The normalized spacial score (nSPS) is 18.5. The molecule has 0 radical (unpaired) electrons. The van der Waals surface area contributed by atoms with Crippen molar-refractivity contribution in [3.05, 3.63) is 59.7 Å². The first-order valence-electron chi connectivity index (χ1n) is 11.0. The van der Waals surface area contributed by atoms with Crippen LogP contribution in [0.1, 0.15) is 41.6 Å². The van der Waals surface area contributed by atoms with Gasteiger partial charge in [-0.15, -0.1) is 0 Å². The van der Waals surface area contributed by atoms with E-state index in [0.717, 1.165) is 60.1 Å². The van der Waals surface area contributed by atoms with Gasteiger partial charge in [0.05, 0.1) is 5.52 Å². The summed E-state index contributed by atoms with van der Waals surface area (Å²) in [7, 11) is 4.01. The zero-order valence-electron chi connectivity index (χ0n) is 18.6. The highest BCUT2D eigenvalue weighted by atomic mass is 16.1. The van der Waals surface area contributed by atoms with E-state index < -0.39 is 0 Å². The summed E-state index contributed by atoms with van der Waals surface area (Å²) in [5.74, 6) is 2.20. The number of aromatic nitrogens is 2. The maximum absolute atomic E-state index is 12.5. The molecule has 0 spiro atoms. The largest absolute Gasteiger partial charge is 0.362 e. The Hall–Kier alpha value is -3.15. The number of hydrogen-bond donors (Lipinski definition) is 2. The number of hydrogen-bond acceptors (Lipinski definition) is 5. The molecule has 1 amide bonds. The molecule has 0 atom stereocenters. The van der Waals surface area contributed by atoms with Crippen molar-refractivity contribution < 1.29 is 4.79 Å². The average Bonchev–Trinajstić information content (AvgIpc) is 2.78. The average molecular weight is 418 g/mol. The van der Waals surface area contributed by atoms with Gasteiger partial charge in [0.2, 0.25) is 5.95 Å². The smallest absolute Gasteiger partial charge is 0.251 e. The van der Waals surface area contributed by atoms with Gasteiger partial charge < -0.3 is 15.5 Å². The first-order chi connectivity index (χ1) is 15.0. The van der Waals surface area contributed by atoms with Gasteiger partial charge in [0.15, 0.2) is 0 Å². The second-order valence-corrected chi connectivity index (χ2v) is 8.72. The van der Waals surface area contributed by atoms with Crippen LogP contribution < -0.4 is 15.5 Å². The molecule has 2 aromatic carbocycles. The number of carbonyl (C=O) groups excluding carboxylic acids is 1. The van der Waals surface area contributed by atoms with E-state index in [1.807, 2.05) is 68.4 Å². The summed E-state index contributed by atoms with van der Waals surface area (Å²) < 4.78 is 0. The van der Waals surface area contributed by atoms with Gasteiger partial charge in [-0.2, -0.15) is 4.98 Å². The van der Waals surface area contributed by atoms with Gasteiger partial charge in [-0.05, 0) is 62.8 Å². The molecule has 1 aliphatic rings. The molecule has 1 aliphatic carbocycles. The second-order valence-electron chi connectivity index (χ2n) is 8.72. The Balaban J connectivity index is 1.31. The van der Waals surface area contributed by atoms with Gasteiger partial charge in [0, 0.05) is 37.6 Å². The van der Waals surface area contributed by atoms with Crippen molar-refractivity contribution in [1.29, 1.82) is 0 Å². The van der Waals surface area contributed by atoms with Crippen LogP contribution in [0.4, 0.5) is 11.8 Å². The number of rotatable bonds is 6. The summed E-state index contributed by atoms with van der Waals surface area (Å²) in [4.78, 5) is 24.0. The fourth-order valence-electron chi connectivity index (χ4n) is 4.28. The minimum atomic E-state index is 0.0334. The molecule has 162 valence electrons. The molecule has 6 nitrogen and oxygen atoms in total. The zero-order valence-corrected chi connectivity index (χ0v) is 18.6. The van der Waals surface area contributed by atoms with Crippen molar-refractivity contribution in [1.82, 2.24) is 15.3 Å². The van der Waals surface area contributed by atoms with E-state index in [1.165, 1.54) is 0 Å². The molecule has 1 saturated carbocycles. The molecule has 31 heavy (non-hydrogen) atoms. The van der Waals surface area contributed by atoms with Crippen molar-refractivity contribution >= 4 is 28.6 Å². The van der Waals surface area contributed by atoms with Crippen molar-refractivity contribution in [3.63, 3.8) is 0 Å². The van der Waals surface area contributed by atoms with E-state index >= 15 is 0 Å². The minimum Gasteiger partial charge on any atom is -0.362 e. The summed E-state index contributed by atoms with van der Waals surface area (Å²) in [5, 5.41) is 7.72. The second kappa shape index (κ2) is 9.33. The number of amides is 1. The molecular formula is C25H31N5O. The molecule has 0 aliphatic heterocycles. The summed E-state index contributed by atoms with van der Waals surface area (Å²) in [6, 6.07) is 16.1. The van der Waals surface area contributed by atoms with Crippen LogP contribution in [0.25, 0.3) is 10.9 Å².